The van der Waals surface area contributed by atoms with Crippen molar-refractivity contribution in [2.45, 2.75) is 6.92 Å². The highest BCUT2D eigenvalue weighted by atomic mass is 16.2. The number of carbonyl (C=O) groups is 3. The van der Waals surface area contributed by atoms with E-state index in [9.17, 15) is 14.4 Å². The molecule has 1 rings (SSSR count). The van der Waals surface area contributed by atoms with Crippen LogP contribution in [-0.2, 0) is 9.59 Å². The SMILES string of the molecule is CC(=O)C(=O)NNC(=O)c1ccccc1. The minimum atomic E-state index is -0.848. The number of ketones is 1. The highest BCUT2D eigenvalue weighted by molar-refractivity contribution is 6.35. The normalized spacial score (nSPS) is 9.13. The van der Waals surface area contributed by atoms with Crippen molar-refractivity contribution in [3.05, 3.63) is 35.9 Å². The Labute approximate surface area is 86.4 Å². The van der Waals surface area contributed by atoms with Crippen molar-refractivity contribution >= 4 is 17.6 Å². The molecule has 0 aliphatic rings. The topological polar surface area (TPSA) is 75.3 Å². The van der Waals surface area contributed by atoms with E-state index in [-0.39, 0.29) is 0 Å². The molecule has 0 aliphatic heterocycles. The minimum absolute atomic E-state index is 0.404. The first kappa shape index (κ1) is 10.9. The maximum Gasteiger partial charge on any atom is 0.305 e. The van der Waals surface area contributed by atoms with Gasteiger partial charge in [0, 0.05) is 12.5 Å². The zero-order valence-corrected chi connectivity index (χ0v) is 8.11. The lowest BCUT2D eigenvalue weighted by atomic mass is 10.2. The summed E-state index contributed by atoms with van der Waals surface area (Å²) in [6.45, 7) is 1.12. The lowest BCUT2D eigenvalue weighted by Gasteiger charge is -2.04. The number of hydrogen-bond acceptors (Lipinski definition) is 3. The minimum Gasteiger partial charge on any atom is -0.289 e. The lowest BCUT2D eigenvalue weighted by molar-refractivity contribution is -0.137. The van der Waals surface area contributed by atoms with Crippen LogP contribution in [0, 0.1) is 0 Å². The third kappa shape index (κ3) is 3.22. The second kappa shape index (κ2) is 4.90. The number of hydrazine groups is 1. The summed E-state index contributed by atoms with van der Waals surface area (Å²) in [6.07, 6.45) is 0. The molecule has 1 aromatic carbocycles. The molecule has 0 unspecified atom stereocenters. The summed E-state index contributed by atoms with van der Waals surface area (Å²) >= 11 is 0. The Balaban J connectivity index is 2.51. The van der Waals surface area contributed by atoms with E-state index < -0.39 is 17.6 Å². The average molecular weight is 206 g/mol. The number of benzene rings is 1. The molecular weight excluding hydrogens is 196 g/mol. The molecule has 78 valence electrons. The Morgan fingerprint density at radius 1 is 1.00 bits per heavy atom. The van der Waals surface area contributed by atoms with Crippen LogP contribution >= 0.6 is 0 Å². The predicted molar refractivity (Wildman–Crippen MR) is 52.7 cm³/mol. The third-order valence-electron chi connectivity index (χ3n) is 1.65. The van der Waals surface area contributed by atoms with Gasteiger partial charge in [0.1, 0.15) is 0 Å². The molecule has 0 aromatic heterocycles. The van der Waals surface area contributed by atoms with Crippen LogP contribution in [0.15, 0.2) is 30.3 Å². The summed E-state index contributed by atoms with van der Waals surface area (Å²) in [6, 6.07) is 8.35. The van der Waals surface area contributed by atoms with Crippen LogP contribution in [0.4, 0.5) is 0 Å². The first-order chi connectivity index (χ1) is 7.11. The summed E-state index contributed by atoms with van der Waals surface area (Å²) in [7, 11) is 0. The fraction of sp³-hybridized carbons (Fsp3) is 0.100. The monoisotopic (exact) mass is 206 g/mol. The van der Waals surface area contributed by atoms with Crippen molar-refractivity contribution in [3.63, 3.8) is 0 Å². The van der Waals surface area contributed by atoms with Gasteiger partial charge in [0.15, 0.2) is 0 Å². The number of Topliss-reactive ketones (excluding diaryl/α,β-unsaturated/α-hetero) is 1. The van der Waals surface area contributed by atoms with Gasteiger partial charge in [-0.05, 0) is 12.1 Å². The average Bonchev–Trinajstić information content (AvgIpc) is 2.26. The van der Waals surface area contributed by atoms with Crippen molar-refractivity contribution in [1.82, 2.24) is 10.9 Å². The van der Waals surface area contributed by atoms with Crippen LogP contribution in [0.1, 0.15) is 17.3 Å². The van der Waals surface area contributed by atoms with Crippen LogP contribution in [0.25, 0.3) is 0 Å². The fourth-order valence-electron chi connectivity index (χ4n) is 0.863. The van der Waals surface area contributed by atoms with E-state index in [0.29, 0.717) is 5.56 Å². The number of hydrogen-bond donors (Lipinski definition) is 2. The van der Waals surface area contributed by atoms with Crippen LogP contribution in [0.2, 0.25) is 0 Å². The Kier molecular flexibility index (Phi) is 3.56. The standard InChI is InChI=1S/C10H10N2O3/c1-7(13)9(14)11-12-10(15)8-5-3-2-4-6-8/h2-6H,1H3,(H,11,14)(H,12,15). The zero-order chi connectivity index (χ0) is 11.3. The predicted octanol–water partition coefficient (Wildman–Crippen LogP) is 0.0366. The van der Waals surface area contributed by atoms with E-state index >= 15 is 0 Å². The van der Waals surface area contributed by atoms with Crippen molar-refractivity contribution in [1.29, 1.82) is 0 Å². The highest BCUT2D eigenvalue weighted by Gasteiger charge is 2.09. The molecule has 2 amide bonds. The molecule has 0 saturated heterocycles. The van der Waals surface area contributed by atoms with E-state index in [0.717, 1.165) is 6.92 Å². The van der Waals surface area contributed by atoms with Gasteiger partial charge >= 0.3 is 5.91 Å². The Morgan fingerprint density at radius 2 is 1.60 bits per heavy atom. The number of nitrogens with one attached hydrogen (secondary N) is 2. The van der Waals surface area contributed by atoms with E-state index in [2.05, 4.69) is 5.43 Å². The molecule has 0 spiro atoms. The second-order valence-corrected chi connectivity index (χ2v) is 2.83. The van der Waals surface area contributed by atoms with Crippen molar-refractivity contribution in [3.8, 4) is 0 Å². The Morgan fingerprint density at radius 3 is 2.13 bits per heavy atom. The van der Waals surface area contributed by atoms with Crippen molar-refractivity contribution in [2.75, 3.05) is 0 Å². The summed E-state index contributed by atoms with van der Waals surface area (Å²) in [4.78, 5) is 32.7. The second-order valence-electron chi connectivity index (χ2n) is 2.83. The smallest absolute Gasteiger partial charge is 0.289 e. The zero-order valence-electron chi connectivity index (χ0n) is 8.11. The van der Waals surface area contributed by atoms with E-state index in [1.54, 1.807) is 30.3 Å². The largest absolute Gasteiger partial charge is 0.305 e. The molecule has 15 heavy (non-hydrogen) atoms. The highest BCUT2D eigenvalue weighted by Crippen LogP contribution is 1.96. The van der Waals surface area contributed by atoms with Gasteiger partial charge < -0.3 is 0 Å². The summed E-state index contributed by atoms with van der Waals surface area (Å²) < 4.78 is 0. The fourth-order valence-corrected chi connectivity index (χ4v) is 0.863. The Hall–Kier alpha value is -2.17. The van der Waals surface area contributed by atoms with Crippen molar-refractivity contribution < 1.29 is 14.4 Å². The quantitative estimate of drug-likeness (QED) is 0.529. The lowest BCUT2D eigenvalue weighted by Crippen LogP contribution is -2.44. The van der Waals surface area contributed by atoms with E-state index in [1.165, 1.54) is 0 Å². The molecule has 0 bridgehead atoms. The molecule has 0 fully saturated rings. The van der Waals surface area contributed by atoms with E-state index in [4.69, 9.17) is 0 Å². The Bertz CT molecular complexity index is 387. The summed E-state index contributed by atoms with van der Waals surface area (Å²) in [5.74, 6) is -1.98. The number of amides is 2. The van der Waals surface area contributed by atoms with Gasteiger partial charge in [0.25, 0.3) is 5.91 Å². The first-order valence-corrected chi connectivity index (χ1v) is 4.27. The van der Waals surface area contributed by atoms with Gasteiger partial charge in [-0.3, -0.25) is 25.2 Å². The molecule has 5 nitrogen and oxygen atoms in total. The molecule has 0 saturated carbocycles. The molecule has 2 N–H and O–H groups in total. The van der Waals surface area contributed by atoms with E-state index in [1.807, 2.05) is 5.43 Å². The van der Waals surface area contributed by atoms with Gasteiger partial charge in [0.2, 0.25) is 5.78 Å². The number of rotatable bonds is 2. The van der Waals surface area contributed by atoms with Gasteiger partial charge in [-0.25, -0.2) is 0 Å². The van der Waals surface area contributed by atoms with Gasteiger partial charge in [0.05, 0.1) is 0 Å². The molecule has 5 heteroatoms. The molecule has 0 heterocycles. The number of carbonyl (C=O) groups excluding carboxylic acids is 3. The van der Waals surface area contributed by atoms with Gasteiger partial charge in [-0.15, -0.1) is 0 Å². The van der Waals surface area contributed by atoms with Crippen molar-refractivity contribution in [2.24, 2.45) is 0 Å². The third-order valence-corrected chi connectivity index (χ3v) is 1.65. The van der Waals surface area contributed by atoms with Crippen LogP contribution < -0.4 is 10.9 Å². The van der Waals surface area contributed by atoms with Crippen LogP contribution in [0.5, 0.6) is 0 Å². The van der Waals surface area contributed by atoms with Crippen LogP contribution in [0.3, 0.4) is 0 Å². The van der Waals surface area contributed by atoms with Gasteiger partial charge in [-0.1, -0.05) is 18.2 Å². The molecule has 1 aromatic rings. The van der Waals surface area contributed by atoms with Gasteiger partial charge in [-0.2, -0.15) is 0 Å². The first-order valence-electron chi connectivity index (χ1n) is 4.27. The summed E-state index contributed by atoms with van der Waals surface area (Å²) in [5, 5.41) is 0. The maximum atomic E-state index is 11.3. The maximum absolute atomic E-state index is 11.3. The van der Waals surface area contributed by atoms with Crippen LogP contribution in [-0.4, -0.2) is 17.6 Å². The summed E-state index contributed by atoms with van der Waals surface area (Å²) in [5.41, 5.74) is 4.52. The molecule has 0 radical (unpaired) electrons. The molecular formula is C10H10N2O3. The molecule has 0 aliphatic carbocycles. The molecule has 0 atom stereocenters.